The van der Waals surface area contributed by atoms with E-state index in [2.05, 4.69) is 29.0 Å². The van der Waals surface area contributed by atoms with Crippen LogP contribution in [0.4, 0.5) is 11.4 Å². The highest BCUT2D eigenvalue weighted by Gasteiger charge is 2.13. The van der Waals surface area contributed by atoms with Crippen LogP contribution in [0.3, 0.4) is 0 Å². The molecule has 0 aliphatic heterocycles. The minimum absolute atomic E-state index is 0.0868. The van der Waals surface area contributed by atoms with E-state index in [1.54, 1.807) is 18.2 Å². The largest absolute Gasteiger partial charge is 0.507 e. The predicted octanol–water partition coefficient (Wildman–Crippen LogP) is 5.77. The second-order valence-corrected chi connectivity index (χ2v) is 7.92. The number of para-hydroxylation sites is 1. The molecule has 6 heteroatoms. The Morgan fingerprint density at radius 3 is 2.43 bits per heavy atom. The van der Waals surface area contributed by atoms with Crippen molar-refractivity contribution >= 4 is 38.8 Å². The molecule has 0 saturated heterocycles. The van der Waals surface area contributed by atoms with E-state index >= 15 is 0 Å². The molecular formula is C24H23N3O2S. The monoisotopic (exact) mass is 417 g/mol. The summed E-state index contributed by atoms with van der Waals surface area (Å²) >= 11 is 1.53. The number of nitrogens with zero attached hydrogens (tertiary/aromatic N) is 2. The summed E-state index contributed by atoms with van der Waals surface area (Å²) in [6.45, 7) is 6.05. The number of aromatic hydroxyl groups is 1. The van der Waals surface area contributed by atoms with Crippen molar-refractivity contribution in [2.45, 2.75) is 13.8 Å². The molecule has 0 spiro atoms. The third-order valence-corrected chi connectivity index (χ3v) is 6.11. The number of nitrogens with one attached hydrogen (secondary N) is 1. The van der Waals surface area contributed by atoms with Gasteiger partial charge < -0.3 is 15.3 Å². The second-order valence-electron chi connectivity index (χ2n) is 6.89. The van der Waals surface area contributed by atoms with Crippen LogP contribution in [-0.2, 0) is 0 Å². The van der Waals surface area contributed by atoms with Gasteiger partial charge >= 0.3 is 0 Å². The van der Waals surface area contributed by atoms with E-state index < -0.39 is 0 Å². The van der Waals surface area contributed by atoms with Crippen molar-refractivity contribution in [2.75, 3.05) is 23.3 Å². The molecule has 1 amide bonds. The zero-order valence-electron chi connectivity index (χ0n) is 16.9. The van der Waals surface area contributed by atoms with Crippen molar-refractivity contribution in [2.24, 2.45) is 0 Å². The molecular weight excluding hydrogens is 394 g/mol. The SMILES string of the molecule is CCN(CC)c1ccc(C(=O)Nc2ccc(-c3nc4ccccc4s3)c(O)c2)cc1. The van der Waals surface area contributed by atoms with Gasteiger partial charge in [-0.15, -0.1) is 11.3 Å². The lowest BCUT2D eigenvalue weighted by Crippen LogP contribution is -2.21. The lowest BCUT2D eigenvalue weighted by molar-refractivity contribution is 0.102. The van der Waals surface area contributed by atoms with E-state index in [9.17, 15) is 9.90 Å². The van der Waals surface area contributed by atoms with Gasteiger partial charge in [0.2, 0.25) is 0 Å². The Labute approximate surface area is 179 Å². The maximum atomic E-state index is 12.6. The molecule has 30 heavy (non-hydrogen) atoms. The van der Waals surface area contributed by atoms with Crippen molar-refractivity contribution in [3.05, 3.63) is 72.3 Å². The highest BCUT2D eigenvalue weighted by molar-refractivity contribution is 7.21. The van der Waals surface area contributed by atoms with Gasteiger partial charge in [-0.3, -0.25) is 4.79 Å². The number of amides is 1. The number of benzene rings is 3. The van der Waals surface area contributed by atoms with E-state index in [0.29, 0.717) is 16.8 Å². The van der Waals surface area contributed by atoms with Crippen molar-refractivity contribution in [3.63, 3.8) is 0 Å². The maximum absolute atomic E-state index is 12.6. The van der Waals surface area contributed by atoms with Gasteiger partial charge in [-0.2, -0.15) is 0 Å². The second kappa shape index (κ2) is 8.55. The van der Waals surface area contributed by atoms with E-state index in [1.807, 2.05) is 48.5 Å². The van der Waals surface area contributed by atoms with Gasteiger partial charge in [0.05, 0.1) is 15.8 Å². The van der Waals surface area contributed by atoms with E-state index in [1.165, 1.54) is 11.3 Å². The van der Waals surface area contributed by atoms with E-state index in [-0.39, 0.29) is 11.7 Å². The number of fused-ring (bicyclic) bond motifs is 1. The number of carbonyl (C=O) groups excluding carboxylic acids is 1. The molecule has 4 aromatic rings. The van der Waals surface area contributed by atoms with Gasteiger partial charge in [0.25, 0.3) is 5.91 Å². The van der Waals surface area contributed by atoms with Crippen LogP contribution >= 0.6 is 11.3 Å². The third-order valence-electron chi connectivity index (χ3n) is 5.04. The van der Waals surface area contributed by atoms with E-state index in [4.69, 9.17) is 0 Å². The standard InChI is InChI=1S/C24H23N3O2S/c1-3-27(4-2)18-12-9-16(10-13-18)23(29)25-17-11-14-19(21(28)15-17)24-26-20-7-5-6-8-22(20)30-24/h5-15,28H,3-4H2,1-2H3,(H,25,29). The van der Waals surface area contributed by atoms with Gasteiger partial charge in [-0.05, 0) is 62.4 Å². The first-order chi connectivity index (χ1) is 14.6. The van der Waals surface area contributed by atoms with Crippen LogP contribution in [-0.4, -0.2) is 29.1 Å². The van der Waals surface area contributed by atoms with Crippen LogP contribution < -0.4 is 10.2 Å². The van der Waals surface area contributed by atoms with Crippen LogP contribution in [0, 0.1) is 0 Å². The minimum atomic E-state index is -0.215. The first kappa shape index (κ1) is 19.9. The number of anilines is 2. The summed E-state index contributed by atoms with van der Waals surface area (Å²) < 4.78 is 1.07. The topological polar surface area (TPSA) is 65.5 Å². The van der Waals surface area contributed by atoms with Crippen LogP contribution in [0.25, 0.3) is 20.8 Å². The molecule has 0 bridgehead atoms. The molecule has 0 saturated carbocycles. The number of hydrogen-bond acceptors (Lipinski definition) is 5. The lowest BCUT2D eigenvalue weighted by atomic mass is 10.1. The van der Waals surface area contributed by atoms with Gasteiger partial charge in [0.1, 0.15) is 10.8 Å². The zero-order valence-corrected chi connectivity index (χ0v) is 17.7. The summed E-state index contributed by atoms with van der Waals surface area (Å²) in [5.41, 5.74) is 3.76. The molecule has 5 nitrogen and oxygen atoms in total. The molecule has 1 aromatic heterocycles. The van der Waals surface area contributed by atoms with Gasteiger partial charge in [-0.1, -0.05) is 12.1 Å². The maximum Gasteiger partial charge on any atom is 0.255 e. The summed E-state index contributed by atoms with van der Waals surface area (Å²) in [6.07, 6.45) is 0. The van der Waals surface area contributed by atoms with Gasteiger partial charge in [0, 0.05) is 36.1 Å². The number of thiazole rings is 1. The van der Waals surface area contributed by atoms with Gasteiger partial charge in [-0.25, -0.2) is 4.98 Å². The van der Waals surface area contributed by atoms with E-state index in [0.717, 1.165) is 34.0 Å². The normalized spacial score (nSPS) is 10.9. The Morgan fingerprint density at radius 1 is 1.03 bits per heavy atom. The van der Waals surface area contributed by atoms with Crippen LogP contribution in [0.2, 0.25) is 0 Å². The number of rotatable bonds is 6. The van der Waals surface area contributed by atoms with Crippen molar-refractivity contribution < 1.29 is 9.90 Å². The fraction of sp³-hybridized carbons (Fsp3) is 0.167. The quantitative estimate of drug-likeness (QED) is 0.418. The Balaban J connectivity index is 1.51. The molecule has 0 aliphatic carbocycles. The predicted molar refractivity (Wildman–Crippen MR) is 125 cm³/mol. The fourth-order valence-electron chi connectivity index (χ4n) is 3.39. The highest BCUT2D eigenvalue weighted by atomic mass is 32.1. The summed E-state index contributed by atoms with van der Waals surface area (Å²) in [6, 6.07) is 20.5. The molecule has 0 aliphatic rings. The van der Waals surface area contributed by atoms with Crippen molar-refractivity contribution in [3.8, 4) is 16.3 Å². The molecule has 1 heterocycles. The highest BCUT2D eigenvalue weighted by Crippen LogP contribution is 2.36. The minimum Gasteiger partial charge on any atom is -0.507 e. The number of hydrogen-bond donors (Lipinski definition) is 2. The smallest absolute Gasteiger partial charge is 0.255 e. The first-order valence-electron chi connectivity index (χ1n) is 9.94. The summed E-state index contributed by atoms with van der Waals surface area (Å²) in [5, 5.41) is 14.1. The molecule has 2 N–H and O–H groups in total. The number of carbonyl (C=O) groups is 1. The lowest BCUT2D eigenvalue weighted by Gasteiger charge is -2.21. The first-order valence-corrected chi connectivity index (χ1v) is 10.8. The Bertz CT molecular complexity index is 1150. The van der Waals surface area contributed by atoms with Crippen LogP contribution in [0.5, 0.6) is 5.75 Å². The Morgan fingerprint density at radius 2 is 1.77 bits per heavy atom. The summed E-state index contributed by atoms with van der Waals surface area (Å²) in [7, 11) is 0. The van der Waals surface area contributed by atoms with Crippen LogP contribution in [0.15, 0.2) is 66.7 Å². The van der Waals surface area contributed by atoms with Crippen molar-refractivity contribution in [1.29, 1.82) is 0 Å². The fourth-order valence-corrected chi connectivity index (χ4v) is 4.39. The average Bonchev–Trinajstić information content (AvgIpc) is 3.19. The zero-order chi connectivity index (χ0) is 21.1. The average molecular weight is 418 g/mol. The number of phenols is 1. The number of aromatic nitrogens is 1. The summed E-state index contributed by atoms with van der Waals surface area (Å²) in [5.74, 6) is -0.128. The van der Waals surface area contributed by atoms with Crippen molar-refractivity contribution in [1.82, 2.24) is 4.98 Å². The number of phenolic OH excluding ortho intramolecular Hbond substituents is 1. The molecule has 152 valence electrons. The third kappa shape index (κ3) is 4.00. The molecule has 4 rings (SSSR count). The van der Waals surface area contributed by atoms with Crippen LogP contribution in [0.1, 0.15) is 24.2 Å². The Hall–Kier alpha value is -3.38. The molecule has 0 atom stereocenters. The molecule has 0 unspecified atom stereocenters. The molecule has 0 radical (unpaired) electrons. The molecule has 0 fully saturated rings. The Kier molecular flexibility index (Phi) is 5.68. The molecule has 3 aromatic carbocycles. The van der Waals surface area contributed by atoms with Gasteiger partial charge in [0.15, 0.2) is 0 Å². The summed E-state index contributed by atoms with van der Waals surface area (Å²) in [4.78, 5) is 19.4.